The largest absolute Gasteiger partial charge is 0.494 e. The van der Waals surface area contributed by atoms with Gasteiger partial charge in [0.05, 0.1) is 18.8 Å². The molecule has 2 N–H and O–H groups in total. The number of fused-ring (bicyclic) bond motifs is 5. The molecule has 7 heteroatoms. The third kappa shape index (κ3) is 4.72. The lowest BCUT2D eigenvalue weighted by molar-refractivity contribution is -0.136. The lowest BCUT2D eigenvalue weighted by atomic mass is 10.0. The normalized spacial score (nSPS) is 14.4. The Labute approximate surface area is 186 Å². The molecule has 166 valence electrons. The van der Waals surface area contributed by atoms with Crippen molar-refractivity contribution in [3.8, 4) is 17.0 Å². The predicted molar refractivity (Wildman–Crippen MR) is 125 cm³/mol. The molecule has 0 saturated heterocycles. The van der Waals surface area contributed by atoms with E-state index < -0.39 is 17.9 Å². The number of nitrogens with zero attached hydrogens (tertiary/aromatic N) is 1. The molecule has 5 nitrogen and oxygen atoms in total. The third-order valence-corrected chi connectivity index (χ3v) is 6.35. The number of hydrogen-bond donors (Lipinski definition) is 2. The van der Waals surface area contributed by atoms with E-state index in [-0.39, 0.29) is 6.54 Å². The number of rotatable bonds is 7. The fourth-order valence-corrected chi connectivity index (χ4v) is 5.02. The maximum Gasteiger partial charge on any atom is 0.321 e. The Bertz CT molecular complexity index is 1050. The highest BCUT2D eigenvalue weighted by atomic mass is 32.2. The zero-order valence-corrected chi connectivity index (χ0v) is 19.0. The van der Waals surface area contributed by atoms with Crippen LogP contribution in [-0.2, 0) is 11.3 Å². The number of carboxylic acid groups (broad SMARTS) is 1. The van der Waals surface area contributed by atoms with Crippen LogP contribution >= 0.6 is 11.8 Å². The summed E-state index contributed by atoms with van der Waals surface area (Å²) in [4.78, 5) is 12.9. The summed E-state index contributed by atoms with van der Waals surface area (Å²) in [6.45, 7) is 8.49. The van der Waals surface area contributed by atoms with Gasteiger partial charge in [-0.1, -0.05) is 32.0 Å². The second-order valence-corrected chi connectivity index (χ2v) is 8.15. The number of carbonyl (C=O) groups is 1. The number of aromatic nitrogens is 1. The minimum absolute atomic E-state index is 0.186. The molecule has 31 heavy (non-hydrogen) atoms. The molecular formula is C24H29FN2O3S. The Morgan fingerprint density at radius 2 is 1.94 bits per heavy atom. The number of benzene rings is 2. The van der Waals surface area contributed by atoms with Crippen molar-refractivity contribution >= 4 is 28.6 Å². The number of thioether (sulfide) groups is 1. The summed E-state index contributed by atoms with van der Waals surface area (Å²) in [7, 11) is 0. The zero-order chi connectivity index (χ0) is 22.4. The van der Waals surface area contributed by atoms with Crippen LogP contribution in [0.2, 0.25) is 0 Å². The second-order valence-electron chi connectivity index (χ2n) is 7.00. The molecule has 4 rings (SSSR count). The Balaban J connectivity index is 0.000000491. The van der Waals surface area contributed by atoms with Gasteiger partial charge in [-0.2, -0.15) is 0 Å². The van der Waals surface area contributed by atoms with Crippen LogP contribution < -0.4 is 10.1 Å². The van der Waals surface area contributed by atoms with E-state index in [4.69, 9.17) is 4.74 Å². The molecule has 1 aromatic heterocycles. The van der Waals surface area contributed by atoms with Crippen LogP contribution in [0, 0.1) is 0 Å². The fourth-order valence-electron chi connectivity index (χ4n) is 3.86. The lowest BCUT2D eigenvalue weighted by Crippen LogP contribution is -2.14. The van der Waals surface area contributed by atoms with Crippen molar-refractivity contribution in [3.63, 3.8) is 0 Å². The smallest absolute Gasteiger partial charge is 0.321 e. The molecular weight excluding hydrogens is 415 g/mol. The monoisotopic (exact) mass is 444 g/mol. The molecule has 0 bridgehead atoms. The van der Waals surface area contributed by atoms with Gasteiger partial charge < -0.3 is 19.7 Å². The Kier molecular flexibility index (Phi) is 7.98. The molecule has 1 aliphatic rings. The van der Waals surface area contributed by atoms with Gasteiger partial charge in [-0.25, -0.2) is 4.39 Å². The Hall–Kier alpha value is -2.51. The van der Waals surface area contributed by atoms with Crippen LogP contribution in [0.1, 0.15) is 31.6 Å². The van der Waals surface area contributed by atoms with Crippen molar-refractivity contribution in [1.82, 2.24) is 9.88 Å². The molecule has 0 amide bonds. The number of nitrogens with one attached hydrogen (secondary N) is 1. The lowest BCUT2D eigenvalue weighted by Gasteiger charge is -2.23. The molecule has 1 unspecified atom stereocenters. The maximum atomic E-state index is 13.3. The standard InChI is InChI=1S/C20H18FNO3S.C4H11N/c1-2-25-12-7-8-15-14(11-12)17-18(22(15)10-9-21)13-5-3-4-6-16(13)26-19(17)20(23)24;1-3-5-4-2/h3-8,11,19H,2,9-10H2,1H3,(H,23,24);5H,3-4H2,1-2H3. The number of ether oxygens (including phenoxy) is 1. The molecule has 2 aromatic carbocycles. The first-order valence-electron chi connectivity index (χ1n) is 10.6. The summed E-state index contributed by atoms with van der Waals surface area (Å²) in [6, 6.07) is 13.3. The molecule has 0 saturated carbocycles. The van der Waals surface area contributed by atoms with Crippen LogP contribution in [0.4, 0.5) is 4.39 Å². The number of carboxylic acids is 1. The average Bonchev–Trinajstić information content (AvgIpc) is 3.09. The van der Waals surface area contributed by atoms with Gasteiger partial charge in [0.25, 0.3) is 0 Å². The van der Waals surface area contributed by atoms with E-state index in [1.54, 1.807) is 0 Å². The molecule has 0 fully saturated rings. The van der Waals surface area contributed by atoms with Crippen LogP contribution in [0.25, 0.3) is 22.2 Å². The average molecular weight is 445 g/mol. The van der Waals surface area contributed by atoms with Crippen molar-refractivity contribution in [2.24, 2.45) is 0 Å². The molecule has 3 aromatic rings. The highest BCUT2D eigenvalue weighted by molar-refractivity contribution is 8.00. The van der Waals surface area contributed by atoms with E-state index in [0.29, 0.717) is 12.4 Å². The fraction of sp³-hybridized carbons (Fsp3) is 0.375. The molecule has 0 spiro atoms. The van der Waals surface area contributed by atoms with Gasteiger partial charge in [-0.05, 0) is 44.3 Å². The zero-order valence-electron chi connectivity index (χ0n) is 18.2. The van der Waals surface area contributed by atoms with Crippen molar-refractivity contribution in [2.45, 2.75) is 37.5 Å². The van der Waals surface area contributed by atoms with E-state index in [9.17, 15) is 14.3 Å². The van der Waals surface area contributed by atoms with E-state index in [2.05, 4.69) is 19.2 Å². The minimum Gasteiger partial charge on any atom is -0.494 e. The number of alkyl halides is 1. The van der Waals surface area contributed by atoms with E-state index >= 15 is 0 Å². The summed E-state index contributed by atoms with van der Waals surface area (Å²) < 4.78 is 20.8. The van der Waals surface area contributed by atoms with Gasteiger partial charge in [0, 0.05) is 26.9 Å². The summed E-state index contributed by atoms with van der Waals surface area (Å²) in [5.41, 5.74) is 3.31. The summed E-state index contributed by atoms with van der Waals surface area (Å²) >= 11 is 1.33. The van der Waals surface area contributed by atoms with Crippen molar-refractivity contribution in [3.05, 3.63) is 48.0 Å². The SMILES string of the molecule is CCNCC.CCOc1ccc2c(c1)c1c(n2CCF)-c2ccccc2SC1C(=O)O. The van der Waals surface area contributed by atoms with Crippen molar-refractivity contribution in [2.75, 3.05) is 26.4 Å². The predicted octanol–water partition coefficient (Wildman–Crippen LogP) is 5.52. The van der Waals surface area contributed by atoms with Gasteiger partial charge in [-0.3, -0.25) is 4.79 Å². The maximum absolute atomic E-state index is 13.3. The van der Waals surface area contributed by atoms with Crippen LogP contribution in [-0.4, -0.2) is 42.0 Å². The topological polar surface area (TPSA) is 63.5 Å². The summed E-state index contributed by atoms with van der Waals surface area (Å²) in [6.07, 6.45) is 0. The van der Waals surface area contributed by atoms with Gasteiger partial charge in [0.1, 0.15) is 17.7 Å². The summed E-state index contributed by atoms with van der Waals surface area (Å²) in [5.74, 6) is -0.208. The Morgan fingerprint density at radius 3 is 2.55 bits per heavy atom. The van der Waals surface area contributed by atoms with Gasteiger partial charge in [0.15, 0.2) is 0 Å². The number of aliphatic carboxylic acids is 1. The highest BCUT2D eigenvalue weighted by Gasteiger charge is 2.35. The van der Waals surface area contributed by atoms with E-state index in [1.165, 1.54) is 11.8 Å². The third-order valence-electron chi connectivity index (χ3n) is 5.07. The number of halogens is 1. The number of hydrogen-bond acceptors (Lipinski definition) is 4. The van der Waals surface area contributed by atoms with E-state index in [1.807, 2.05) is 54.0 Å². The van der Waals surface area contributed by atoms with Gasteiger partial charge >= 0.3 is 5.97 Å². The van der Waals surface area contributed by atoms with Crippen LogP contribution in [0.3, 0.4) is 0 Å². The minimum atomic E-state index is -0.896. The number of aryl methyl sites for hydroxylation is 1. The summed E-state index contributed by atoms with van der Waals surface area (Å²) in [5, 5.41) is 13.0. The van der Waals surface area contributed by atoms with Crippen LogP contribution in [0.5, 0.6) is 5.75 Å². The first kappa shape index (κ1) is 23.2. The molecule has 1 aliphatic heterocycles. The highest BCUT2D eigenvalue weighted by Crippen LogP contribution is 2.52. The van der Waals surface area contributed by atoms with Gasteiger partial charge in [0.2, 0.25) is 0 Å². The molecule has 2 heterocycles. The van der Waals surface area contributed by atoms with Crippen LogP contribution in [0.15, 0.2) is 47.4 Å². The molecule has 0 radical (unpaired) electrons. The molecule has 1 atom stereocenters. The second kappa shape index (κ2) is 10.7. The quantitative estimate of drug-likeness (QED) is 0.502. The molecule has 0 aliphatic carbocycles. The van der Waals surface area contributed by atoms with Crippen molar-refractivity contribution in [1.29, 1.82) is 0 Å². The first-order valence-corrected chi connectivity index (χ1v) is 11.5. The van der Waals surface area contributed by atoms with Crippen molar-refractivity contribution < 1.29 is 19.0 Å². The first-order chi connectivity index (χ1) is 15.1. The Morgan fingerprint density at radius 1 is 1.19 bits per heavy atom. The van der Waals surface area contributed by atoms with E-state index in [0.717, 1.165) is 45.7 Å². The van der Waals surface area contributed by atoms with Gasteiger partial charge in [-0.15, -0.1) is 11.8 Å².